The number of hydrogen-bond donors (Lipinski definition) is 1. The Kier molecular flexibility index (Phi) is 3.43. The number of aromatic amines is 1. The van der Waals surface area contributed by atoms with Crippen molar-refractivity contribution < 1.29 is 0 Å². The van der Waals surface area contributed by atoms with Gasteiger partial charge in [0, 0.05) is 12.1 Å². The molecule has 0 spiro atoms. The summed E-state index contributed by atoms with van der Waals surface area (Å²) in [6, 6.07) is 8.23. The van der Waals surface area contributed by atoms with Gasteiger partial charge in [-0.15, -0.1) is 0 Å². The largest absolute Gasteiger partial charge is 0.300 e. The number of H-pyrrole nitrogens is 1. The highest BCUT2D eigenvalue weighted by molar-refractivity contribution is 7.71. The van der Waals surface area contributed by atoms with Gasteiger partial charge >= 0.3 is 0 Å². The van der Waals surface area contributed by atoms with E-state index in [9.17, 15) is 0 Å². The summed E-state index contributed by atoms with van der Waals surface area (Å²) in [6.07, 6.45) is 0. The van der Waals surface area contributed by atoms with Crippen LogP contribution in [0.5, 0.6) is 0 Å². The van der Waals surface area contributed by atoms with Crippen molar-refractivity contribution in [2.24, 2.45) is 5.92 Å². The smallest absolute Gasteiger partial charge is 0.195 e. The number of nitrogens with zero attached hydrogens (tertiary/aromatic N) is 2. The fraction of sp³-hybridized carbons (Fsp3) is 0.385. The van der Waals surface area contributed by atoms with E-state index in [-0.39, 0.29) is 0 Å². The Hall–Kier alpha value is -1.42. The lowest BCUT2D eigenvalue weighted by molar-refractivity contribution is 0.521. The van der Waals surface area contributed by atoms with Gasteiger partial charge in [-0.2, -0.15) is 5.10 Å². The summed E-state index contributed by atoms with van der Waals surface area (Å²) in [4.78, 5) is 0. The van der Waals surface area contributed by atoms with Crippen LogP contribution in [0.2, 0.25) is 0 Å². The molecule has 0 aliphatic carbocycles. The van der Waals surface area contributed by atoms with Gasteiger partial charge < -0.3 is 0 Å². The first-order chi connectivity index (χ1) is 8.09. The lowest BCUT2D eigenvalue weighted by Crippen LogP contribution is -2.06. The highest BCUT2D eigenvalue weighted by atomic mass is 32.1. The Morgan fingerprint density at radius 2 is 2.06 bits per heavy atom. The van der Waals surface area contributed by atoms with Gasteiger partial charge in [-0.1, -0.05) is 38.1 Å². The van der Waals surface area contributed by atoms with Crippen molar-refractivity contribution in [3.05, 3.63) is 34.6 Å². The van der Waals surface area contributed by atoms with Crippen molar-refractivity contribution in [3.63, 3.8) is 0 Å². The molecule has 0 radical (unpaired) electrons. The van der Waals surface area contributed by atoms with Gasteiger partial charge in [-0.05, 0) is 30.6 Å². The lowest BCUT2D eigenvalue weighted by atomic mass is 10.1. The van der Waals surface area contributed by atoms with Crippen LogP contribution in [0.4, 0.5) is 0 Å². The summed E-state index contributed by atoms with van der Waals surface area (Å²) in [6.45, 7) is 7.33. The molecule has 0 saturated heterocycles. The Bertz CT molecular complexity index is 566. The SMILES string of the molecule is Cc1ccccc1-c1n[nH]c(=S)n1CC(C)C. The fourth-order valence-electron chi connectivity index (χ4n) is 1.88. The van der Waals surface area contributed by atoms with Crippen molar-refractivity contribution in [2.75, 3.05) is 0 Å². The van der Waals surface area contributed by atoms with Crippen LogP contribution >= 0.6 is 12.2 Å². The normalized spacial score (nSPS) is 11.1. The molecular formula is C13H17N3S. The molecule has 1 N–H and O–H groups in total. The minimum atomic E-state index is 0.544. The lowest BCUT2D eigenvalue weighted by Gasteiger charge is -2.10. The topological polar surface area (TPSA) is 33.6 Å². The molecule has 0 aliphatic rings. The summed E-state index contributed by atoms with van der Waals surface area (Å²) in [5.41, 5.74) is 2.35. The Morgan fingerprint density at radius 3 is 2.71 bits per heavy atom. The quantitative estimate of drug-likeness (QED) is 0.841. The summed E-state index contributed by atoms with van der Waals surface area (Å²) in [5.74, 6) is 1.48. The zero-order chi connectivity index (χ0) is 12.4. The third kappa shape index (κ3) is 2.47. The molecule has 0 fully saturated rings. The summed E-state index contributed by atoms with van der Waals surface area (Å²) in [7, 11) is 0. The standard InChI is InChI=1S/C13H17N3S/c1-9(2)8-16-12(14-15-13(16)17)11-7-5-4-6-10(11)3/h4-7,9H,8H2,1-3H3,(H,15,17). The molecule has 1 aromatic carbocycles. The van der Waals surface area contributed by atoms with E-state index in [2.05, 4.69) is 47.7 Å². The number of nitrogens with one attached hydrogen (secondary N) is 1. The molecule has 90 valence electrons. The van der Waals surface area contributed by atoms with Crippen LogP contribution in [0.1, 0.15) is 19.4 Å². The Balaban J connectivity index is 2.53. The van der Waals surface area contributed by atoms with Gasteiger partial charge in [0.2, 0.25) is 0 Å². The molecule has 2 aromatic rings. The van der Waals surface area contributed by atoms with E-state index in [4.69, 9.17) is 12.2 Å². The molecule has 0 amide bonds. The van der Waals surface area contributed by atoms with Crippen LogP contribution in [0.15, 0.2) is 24.3 Å². The molecule has 1 heterocycles. The molecule has 0 bridgehead atoms. The van der Waals surface area contributed by atoms with Crippen molar-refractivity contribution in [1.82, 2.24) is 14.8 Å². The first kappa shape index (κ1) is 12.0. The van der Waals surface area contributed by atoms with Crippen LogP contribution in [0.25, 0.3) is 11.4 Å². The molecule has 2 rings (SSSR count). The molecule has 3 nitrogen and oxygen atoms in total. The van der Waals surface area contributed by atoms with Crippen molar-refractivity contribution in [3.8, 4) is 11.4 Å². The average molecular weight is 247 g/mol. The maximum atomic E-state index is 5.28. The van der Waals surface area contributed by atoms with E-state index in [0.29, 0.717) is 10.7 Å². The van der Waals surface area contributed by atoms with E-state index in [1.807, 2.05) is 12.1 Å². The maximum absolute atomic E-state index is 5.28. The van der Waals surface area contributed by atoms with E-state index in [1.165, 1.54) is 5.56 Å². The van der Waals surface area contributed by atoms with Gasteiger partial charge in [0.05, 0.1) is 0 Å². The second-order valence-corrected chi connectivity index (χ2v) is 5.06. The fourth-order valence-corrected chi connectivity index (χ4v) is 2.09. The third-order valence-electron chi connectivity index (χ3n) is 2.69. The minimum absolute atomic E-state index is 0.544. The van der Waals surface area contributed by atoms with Crippen LogP contribution in [-0.4, -0.2) is 14.8 Å². The predicted octanol–water partition coefficient (Wildman–Crippen LogP) is 3.57. The van der Waals surface area contributed by atoms with Crippen molar-refractivity contribution >= 4 is 12.2 Å². The monoisotopic (exact) mass is 247 g/mol. The molecule has 0 unspecified atom stereocenters. The van der Waals surface area contributed by atoms with Gasteiger partial charge in [-0.25, -0.2) is 0 Å². The first-order valence-electron chi connectivity index (χ1n) is 5.81. The van der Waals surface area contributed by atoms with E-state index >= 15 is 0 Å². The highest BCUT2D eigenvalue weighted by Gasteiger charge is 2.11. The second-order valence-electron chi connectivity index (χ2n) is 4.67. The maximum Gasteiger partial charge on any atom is 0.195 e. The highest BCUT2D eigenvalue weighted by Crippen LogP contribution is 2.21. The number of hydrogen-bond acceptors (Lipinski definition) is 2. The molecule has 1 aromatic heterocycles. The molecule has 4 heteroatoms. The first-order valence-corrected chi connectivity index (χ1v) is 6.21. The Morgan fingerprint density at radius 1 is 1.35 bits per heavy atom. The molecule has 0 aliphatic heterocycles. The van der Waals surface area contributed by atoms with Crippen LogP contribution in [0.3, 0.4) is 0 Å². The van der Waals surface area contributed by atoms with Crippen LogP contribution in [-0.2, 0) is 6.54 Å². The van der Waals surface area contributed by atoms with Gasteiger partial charge in [0.15, 0.2) is 10.6 Å². The molecule has 0 saturated carbocycles. The zero-order valence-corrected chi connectivity index (χ0v) is 11.2. The second kappa shape index (κ2) is 4.84. The summed E-state index contributed by atoms with van der Waals surface area (Å²) in [5, 5.41) is 7.23. The Labute approximate surface area is 106 Å². The van der Waals surface area contributed by atoms with Gasteiger partial charge in [0.1, 0.15) is 0 Å². The summed E-state index contributed by atoms with van der Waals surface area (Å²) < 4.78 is 2.76. The summed E-state index contributed by atoms with van der Waals surface area (Å²) >= 11 is 5.28. The zero-order valence-electron chi connectivity index (χ0n) is 10.4. The third-order valence-corrected chi connectivity index (χ3v) is 3.00. The van der Waals surface area contributed by atoms with Crippen molar-refractivity contribution in [2.45, 2.75) is 27.3 Å². The molecule has 0 atom stereocenters. The molecule has 17 heavy (non-hydrogen) atoms. The van der Waals surface area contributed by atoms with Crippen LogP contribution < -0.4 is 0 Å². The van der Waals surface area contributed by atoms with Gasteiger partial charge in [0.25, 0.3) is 0 Å². The van der Waals surface area contributed by atoms with E-state index in [1.54, 1.807) is 0 Å². The number of aryl methyl sites for hydroxylation is 1. The van der Waals surface area contributed by atoms with Crippen molar-refractivity contribution in [1.29, 1.82) is 0 Å². The minimum Gasteiger partial charge on any atom is -0.300 e. The number of benzene rings is 1. The van der Waals surface area contributed by atoms with Crippen LogP contribution in [0, 0.1) is 17.6 Å². The number of rotatable bonds is 3. The molecular weight excluding hydrogens is 230 g/mol. The predicted molar refractivity (Wildman–Crippen MR) is 72.4 cm³/mol. The average Bonchev–Trinajstić information content (AvgIpc) is 2.61. The van der Waals surface area contributed by atoms with Gasteiger partial charge in [-0.3, -0.25) is 9.67 Å². The van der Waals surface area contributed by atoms with E-state index in [0.717, 1.165) is 17.9 Å². The van der Waals surface area contributed by atoms with E-state index < -0.39 is 0 Å². The number of aromatic nitrogens is 3.